The van der Waals surface area contributed by atoms with Crippen molar-refractivity contribution in [2.45, 2.75) is 219 Å². The van der Waals surface area contributed by atoms with Crippen LogP contribution in [0, 0.1) is 0 Å². The molecule has 1 atom stereocenters. The Morgan fingerprint density at radius 1 is 0.491 bits per heavy atom. The quantitative estimate of drug-likeness (QED) is 0.0274. The second-order valence-electron chi connectivity index (χ2n) is 14.7. The average Bonchev–Trinajstić information content (AvgIpc) is 3.13. The topological polar surface area (TPSA) is 119 Å². The number of carbonyl (C=O) groups excluding carboxylic acids is 2. The maximum atomic E-state index is 12.4. The molecule has 2 N–H and O–H groups in total. The van der Waals surface area contributed by atoms with E-state index in [9.17, 15) is 14.2 Å². The molecule has 0 radical (unpaired) electrons. The van der Waals surface area contributed by atoms with Gasteiger partial charge in [0.15, 0.2) is 6.10 Å². The van der Waals surface area contributed by atoms with Crippen LogP contribution >= 0.6 is 7.82 Å². The number of allylic oxidation sites excluding steroid dienone is 6. The van der Waals surface area contributed by atoms with Gasteiger partial charge in [-0.25, -0.2) is 4.57 Å². The van der Waals surface area contributed by atoms with Crippen LogP contribution < -0.4 is 0 Å². The number of carbonyl (C=O) groups is 2. The number of esters is 2. The highest BCUT2D eigenvalue weighted by Crippen LogP contribution is 2.36. The Bertz CT molecular complexity index is 957. The lowest BCUT2D eigenvalue weighted by atomic mass is 10.1. The van der Waals surface area contributed by atoms with Crippen LogP contribution in [0.25, 0.3) is 0 Å². The zero-order valence-electron chi connectivity index (χ0n) is 34.2. The summed E-state index contributed by atoms with van der Waals surface area (Å²) in [7, 11) is -4.76. The van der Waals surface area contributed by atoms with Crippen molar-refractivity contribution in [2.75, 3.05) is 13.2 Å². The van der Waals surface area contributed by atoms with Gasteiger partial charge in [0, 0.05) is 12.8 Å². The van der Waals surface area contributed by atoms with Crippen molar-refractivity contribution in [1.82, 2.24) is 0 Å². The summed E-state index contributed by atoms with van der Waals surface area (Å²) in [5.41, 5.74) is 0. The van der Waals surface area contributed by atoms with E-state index in [1.165, 1.54) is 116 Å². The van der Waals surface area contributed by atoms with E-state index in [4.69, 9.17) is 19.3 Å². The molecule has 0 aliphatic heterocycles. The number of ether oxygens (including phenoxy) is 2. The summed E-state index contributed by atoms with van der Waals surface area (Å²) >= 11 is 0. The lowest BCUT2D eigenvalue weighted by molar-refractivity contribution is -0.161. The number of phosphoric ester groups is 1. The van der Waals surface area contributed by atoms with Crippen molar-refractivity contribution in [3.05, 3.63) is 36.5 Å². The van der Waals surface area contributed by atoms with Gasteiger partial charge in [-0.2, -0.15) is 0 Å². The normalized spacial score (nSPS) is 12.8. The Morgan fingerprint density at radius 3 is 1.30 bits per heavy atom. The molecule has 0 saturated heterocycles. The lowest BCUT2D eigenvalue weighted by Crippen LogP contribution is -2.29. The highest BCUT2D eigenvalue weighted by molar-refractivity contribution is 7.46. The van der Waals surface area contributed by atoms with Crippen LogP contribution in [-0.2, 0) is 28.2 Å². The van der Waals surface area contributed by atoms with Crippen molar-refractivity contribution in [2.24, 2.45) is 0 Å². The molecule has 8 nitrogen and oxygen atoms in total. The van der Waals surface area contributed by atoms with E-state index >= 15 is 0 Å². The van der Waals surface area contributed by atoms with Gasteiger partial charge in [-0.3, -0.25) is 14.1 Å². The van der Waals surface area contributed by atoms with Gasteiger partial charge >= 0.3 is 19.8 Å². The Morgan fingerprint density at radius 2 is 0.849 bits per heavy atom. The molecular weight excluding hydrogens is 687 g/mol. The van der Waals surface area contributed by atoms with E-state index in [1.54, 1.807) is 0 Å². The molecule has 0 amide bonds. The maximum absolute atomic E-state index is 12.4. The van der Waals surface area contributed by atoms with E-state index in [0.717, 1.165) is 64.2 Å². The monoisotopic (exact) mass is 769 g/mol. The Kier molecular flexibility index (Phi) is 38.6. The van der Waals surface area contributed by atoms with Gasteiger partial charge in [-0.05, 0) is 70.6 Å². The fraction of sp³-hybridized carbons (Fsp3) is 0.818. The minimum Gasteiger partial charge on any atom is -0.462 e. The SMILES string of the molecule is CCCCC/C=C\C/C=C\CCCCCCCCC(=O)O[C@H](COC(=O)CCCCCCCCCCC/C=C\CCCCCCCC)COP(=O)(O)O. The Hall–Kier alpha value is -1.73. The van der Waals surface area contributed by atoms with Crippen LogP contribution in [0.3, 0.4) is 0 Å². The maximum Gasteiger partial charge on any atom is 0.469 e. The second-order valence-corrected chi connectivity index (χ2v) is 15.9. The summed E-state index contributed by atoms with van der Waals surface area (Å²) in [5, 5.41) is 0. The molecule has 0 aliphatic carbocycles. The zero-order valence-corrected chi connectivity index (χ0v) is 35.1. The molecule has 0 spiro atoms. The molecule has 310 valence electrons. The molecular formula is C44H81O8P. The van der Waals surface area contributed by atoms with Gasteiger partial charge < -0.3 is 19.3 Å². The van der Waals surface area contributed by atoms with Gasteiger partial charge in [0.1, 0.15) is 6.61 Å². The highest BCUT2D eigenvalue weighted by atomic mass is 31.2. The third kappa shape index (κ3) is 42.9. The standard InChI is InChI=1S/C44H81O8P/c1-3-5-7-9-11-13-15-17-19-21-22-23-25-26-28-30-32-34-36-38-43(45)50-40-42(41-51-53(47,48)49)52-44(46)39-37-35-33-31-29-27-24-20-18-16-14-12-10-8-6-4-2/h12,14,17-20,42H,3-11,13,15-16,21-41H2,1-2H3,(H2,47,48,49)/b14-12-,19-17-,20-18-/t42-/m1/s1. The van der Waals surface area contributed by atoms with E-state index in [2.05, 4.69) is 54.8 Å². The highest BCUT2D eigenvalue weighted by Gasteiger charge is 2.22. The number of unbranched alkanes of at least 4 members (excludes halogenated alkanes) is 24. The van der Waals surface area contributed by atoms with Crippen LogP contribution in [-0.4, -0.2) is 41.0 Å². The molecule has 0 aromatic carbocycles. The van der Waals surface area contributed by atoms with Crippen molar-refractivity contribution in [3.8, 4) is 0 Å². The van der Waals surface area contributed by atoms with E-state index in [1.807, 2.05) is 0 Å². The molecule has 0 heterocycles. The smallest absolute Gasteiger partial charge is 0.462 e. The largest absolute Gasteiger partial charge is 0.469 e. The zero-order chi connectivity index (χ0) is 38.9. The molecule has 0 bridgehead atoms. The van der Waals surface area contributed by atoms with E-state index < -0.39 is 32.5 Å². The lowest BCUT2D eigenvalue weighted by Gasteiger charge is -2.18. The fourth-order valence-electron chi connectivity index (χ4n) is 6.10. The van der Waals surface area contributed by atoms with E-state index in [0.29, 0.717) is 6.42 Å². The average molecular weight is 769 g/mol. The first-order valence-electron chi connectivity index (χ1n) is 21.8. The molecule has 0 aromatic heterocycles. The predicted molar refractivity (Wildman–Crippen MR) is 221 cm³/mol. The number of hydrogen-bond acceptors (Lipinski definition) is 6. The van der Waals surface area contributed by atoms with Crippen LogP contribution in [0.1, 0.15) is 213 Å². The Balaban J connectivity index is 3.90. The van der Waals surface area contributed by atoms with Crippen LogP contribution in [0.4, 0.5) is 0 Å². The first-order valence-corrected chi connectivity index (χ1v) is 23.3. The third-order valence-corrected chi connectivity index (χ3v) is 9.87. The minimum absolute atomic E-state index is 0.200. The van der Waals surface area contributed by atoms with Crippen molar-refractivity contribution >= 4 is 19.8 Å². The van der Waals surface area contributed by atoms with E-state index in [-0.39, 0.29) is 19.4 Å². The van der Waals surface area contributed by atoms with Crippen molar-refractivity contribution in [1.29, 1.82) is 0 Å². The number of rotatable bonds is 40. The molecule has 0 aromatic rings. The van der Waals surface area contributed by atoms with Crippen LogP contribution in [0.5, 0.6) is 0 Å². The summed E-state index contributed by atoms with van der Waals surface area (Å²) in [4.78, 5) is 42.9. The Labute approximate surface area is 325 Å². The molecule has 53 heavy (non-hydrogen) atoms. The fourth-order valence-corrected chi connectivity index (χ4v) is 6.46. The summed E-state index contributed by atoms with van der Waals surface area (Å²) in [5.74, 6) is -0.895. The first kappa shape index (κ1) is 51.3. The van der Waals surface area contributed by atoms with Gasteiger partial charge in [-0.1, -0.05) is 166 Å². The molecule has 0 fully saturated rings. The van der Waals surface area contributed by atoms with Crippen molar-refractivity contribution < 1.29 is 37.9 Å². The predicted octanol–water partition coefficient (Wildman–Crippen LogP) is 13.4. The van der Waals surface area contributed by atoms with Crippen LogP contribution in [0.15, 0.2) is 36.5 Å². The molecule has 0 aliphatic rings. The van der Waals surface area contributed by atoms with Crippen LogP contribution in [0.2, 0.25) is 0 Å². The number of phosphoric acid groups is 1. The molecule has 0 rings (SSSR count). The summed E-state index contributed by atoms with van der Waals surface area (Å²) in [6.45, 7) is 3.66. The minimum atomic E-state index is -4.76. The van der Waals surface area contributed by atoms with Gasteiger partial charge in [0.2, 0.25) is 0 Å². The summed E-state index contributed by atoms with van der Waals surface area (Å²) < 4.78 is 26.4. The molecule has 0 unspecified atom stereocenters. The van der Waals surface area contributed by atoms with Gasteiger partial charge in [0.05, 0.1) is 6.61 Å². The van der Waals surface area contributed by atoms with Crippen molar-refractivity contribution in [3.63, 3.8) is 0 Å². The first-order chi connectivity index (χ1) is 25.8. The van der Waals surface area contributed by atoms with Gasteiger partial charge in [-0.15, -0.1) is 0 Å². The molecule has 0 saturated carbocycles. The third-order valence-electron chi connectivity index (χ3n) is 9.38. The second kappa shape index (κ2) is 39.9. The summed E-state index contributed by atoms with van der Waals surface area (Å²) in [6, 6.07) is 0. The summed E-state index contributed by atoms with van der Waals surface area (Å²) in [6.07, 6.45) is 47.2. The number of hydrogen-bond donors (Lipinski definition) is 2. The molecule has 9 heteroatoms. The van der Waals surface area contributed by atoms with Gasteiger partial charge in [0.25, 0.3) is 0 Å².